The quantitative estimate of drug-likeness (QED) is 0.204. The van der Waals surface area contributed by atoms with Gasteiger partial charge in [-0.3, -0.25) is 4.79 Å². The van der Waals surface area contributed by atoms with Gasteiger partial charge in [0.15, 0.2) is 5.78 Å². The topological polar surface area (TPSA) is 57.5 Å². The van der Waals surface area contributed by atoms with Crippen LogP contribution in [0.4, 0.5) is 0 Å². The molecule has 0 radical (unpaired) electrons. The molecule has 0 aromatic heterocycles. The largest absolute Gasteiger partial charge is 0.508 e. The van der Waals surface area contributed by atoms with Gasteiger partial charge in [0, 0.05) is 11.1 Å². The van der Waals surface area contributed by atoms with Crippen molar-refractivity contribution in [1.29, 1.82) is 0 Å². The minimum absolute atomic E-state index is 0.00991. The Morgan fingerprint density at radius 1 is 0.395 bits per heavy atom. The molecule has 38 heavy (non-hydrogen) atoms. The van der Waals surface area contributed by atoms with Crippen LogP contribution in [-0.4, -0.2) is 16.0 Å². The number of ketones is 1. The Morgan fingerprint density at radius 2 is 0.737 bits per heavy atom. The number of benzene rings is 6. The Morgan fingerprint density at radius 3 is 1.13 bits per heavy atom. The van der Waals surface area contributed by atoms with Crippen LogP contribution < -0.4 is 0 Å². The number of aromatic hydroxyl groups is 2. The molecule has 0 spiro atoms. The molecular formula is C35H22O3. The van der Waals surface area contributed by atoms with Crippen LogP contribution in [0.3, 0.4) is 0 Å². The standard InChI is InChI=1S/C35H22O3/c36-27-19-20-28(37)32-31(27)34(21-11-3-1-4-12-21)29-25-17-9-7-15-23(25)24-16-8-10-18-26(24)30(29)35(32,33(34)38)22-13-5-2-6-14-22/h1-20,36-37H/t34-,35+. The zero-order chi connectivity index (χ0) is 25.6. The molecule has 0 saturated carbocycles. The van der Waals surface area contributed by atoms with Gasteiger partial charge in [0.05, 0.1) is 0 Å². The zero-order valence-corrected chi connectivity index (χ0v) is 20.3. The fraction of sp³-hybridized carbons (Fsp3) is 0.0571. The molecule has 0 unspecified atom stereocenters. The summed E-state index contributed by atoms with van der Waals surface area (Å²) >= 11 is 0. The normalized spacial score (nSPS) is 21.1. The van der Waals surface area contributed by atoms with Crippen LogP contribution in [0.5, 0.6) is 11.5 Å². The van der Waals surface area contributed by atoms with Crippen LogP contribution in [-0.2, 0) is 15.6 Å². The predicted molar refractivity (Wildman–Crippen MR) is 149 cm³/mol. The second-order valence-electron chi connectivity index (χ2n) is 10.3. The van der Waals surface area contributed by atoms with E-state index in [4.69, 9.17) is 0 Å². The van der Waals surface area contributed by atoms with E-state index in [-0.39, 0.29) is 17.3 Å². The third kappa shape index (κ3) is 2.17. The minimum atomic E-state index is -1.30. The van der Waals surface area contributed by atoms with Gasteiger partial charge in [-0.15, -0.1) is 0 Å². The van der Waals surface area contributed by atoms with Crippen molar-refractivity contribution in [2.24, 2.45) is 0 Å². The van der Waals surface area contributed by atoms with Crippen molar-refractivity contribution in [2.75, 3.05) is 0 Å². The average Bonchev–Trinajstić information content (AvgIpc) is 3.37. The number of hydrogen-bond acceptors (Lipinski definition) is 3. The summed E-state index contributed by atoms with van der Waals surface area (Å²) in [4.78, 5) is 15.5. The highest BCUT2D eigenvalue weighted by Gasteiger charge is 2.72. The molecule has 6 aromatic rings. The van der Waals surface area contributed by atoms with Gasteiger partial charge in [0.25, 0.3) is 0 Å². The van der Waals surface area contributed by atoms with Crippen molar-refractivity contribution in [3.63, 3.8) is 0 Å². The molecule has 2 atom stereocenters. The second kappa shape index (κ2) is 7.11. The molecule has 2 N–H and O–H groups in total. The van der Waals surface area contributed by atoms with E-state index < -0.39 is 10.8 Å². The lowest BCUT2D eigenvalue weighted by atomic mass is 9.65. The number of phenols is 2. The number of fused-ring (bicyclic) bond motifs is 13. The maximum absolute atomic E-state index is 15.5. The van der Waals surface area contributed by atoms with Crippen LogP contribution in [0.15, 0.2) is 121 Å². The molecule has 0 heterocycles. The first-order valence-electron chi connectivity index (χ1n) is 12.8. The summed E-state index contributed by atoms with van der Waals surface area (Å²) in [6.45, 7) is 0. The third-order valence-corrected chi connectivity index (χ3v) is 8.69. The smallest absolute Gasteiger partial charge is 0.171 e. The zero-order valence-electron chi connectivity index (χ0n) is 20.3. The Bertz CT molecular complexity index is 1820. The van der Waals surface area contributed by atoms with Gasteiger partial charge in [0.1, 0.15) is 22.3 Å². The number of rotatable bonds is 2. The number of hydrogen-bond donors (Lipinski definition) is 2. The van der Waals surface area contributed by atoms with Crippen LogP contribution in [0.2, 0.25) is 0 Å². The second-order valence-corrected chi connectivity index (χ2v) is 10.3. The van der Waals surface area contributed by atoms with E-state index in [1.165, 1.54) is 12.1 Å². The van der Waals surface area contributed by atoms with Crippen molar-refractivity contribution in [3.05, 3.63) is 155 Å². The molecule has 2 bridgehead atoms. The maximum Gasteiger partial charge on any atom is 0.171 e. The van der Waals surface area contributed by atoms with Crippen LogP contribution in [0.25, 0.3) is 21.5 Å². The first-order chi connectivity index (χ1) is 18.6. The predicted octanol–water partition coefficient (Wildman–Crippen LogP) is 6.97. The maximum atomic E-state index is 15.5. The first kappa shape index (κ1) is 21.2. The highest BCUT2D eigenvalue weighted by molar-refractivity contribution is 6.27. The Balaban J connectivity index is 1.75. The van der Waals surface area contributed by atoms with Crippen LogP contribution in [0.1, 0.15) is 33.4 Å². The summed E-state index contributed by atoms with van der Waals surface area (Å²) < 4.78 is 0. The van der Waals surface area contributed by atoms with Crippen molar-refractivity contribution in [2.45, 2.75) is 10.8 Å². The van der Waals surface area contributed by atoms with E-state index in [1.54, 1.807) is 0 Å². The minimum Gasteiger partial charge on any atom is -0.508 e. The van der Waals surface area contributed by atoms with E-state index in [9.17, 15) is 10.2 Å². The lowest BCUT2D eigenvalue weighted by molar-refractivity contribution is -0.122. The van der Waals surface area contributed by atoms with E-state index in [1.807, 2.05) is 84.9 Å². The number of phenolic OH excluding ortho intramolecular Hbond substituents is 2. The molecule has 6 aromatic carbocycles. The third-order valence-electron chi connectivity index (χ3n) is 8.69. The lowest BCUT2D eigenvalue weighted by Crippen LogP contribution is -2.36. The number of carbonyl (C=O) groups is 1. The van der Waals surface area contributed by atoms with Gasteiger partial charge in [-0.25, -0.2) is 0 Å². The van der Waals surface area contributed by atoms with Gasteiger partial charge in [-0.2, -0.15) is 0 Å². The molecule has 180 valence electrons. The Labute approximate surface area is 219 Å². The van der Waals surface area contributed by atoms with Gasteiger partial charge >= 0.3 is 0 Å². The molecule has 2 aliphatic carbocycles. The van der Waals surface area contributed by atoms with Gasteiger partial charge in [-0.1, -0.05) is 109 Å². The molecule has 3 nitrogen and oxygen atoms in total. The fourth-order valence-corrected chi connectivity index (χ4v) is 7.46. The molecule has 0 amide bonds. The number of carbonyl (C=O) groups excluding carboxylic acids is 1. The lowest BCUT2D eigenvalue weighted by Gasteiger charge is -2.35. The van der Waals surface area contributed by atoms with Gasteiger partial charge in [-0.05, 0) is 55.9 Å². The summed E-state index contributed by atoms with van der Waals surface area (Å²) in [5, 5.41) is 27.1. The Hall–Kier alpha value is -4.89. The highest BCUT2D eigenvalue weighted by atomic mass is 16.3. The average molecular weight is 491 g/mol. The molecule has 0 aliphatic heterocycles. The number of Topliss-reactive ketones (excluding diaryl/α,β-unsaturated/α-hetero) is 1. The summed E-state index contributed by atoms with van der Waals surface area (Å²) in [6, 6.07) is 38.9. The molecule has 0 saturated heterocycles. The monoisotopic (exact) mass is 490 g/mol. The Kier molecular flexibility index (Phi) is 3.97. The van der Waals surface area contributed by atoms with E-state index in [0.29, 0.717) is 11.1 Å². The van der Waals surface area contributed by atoms with Gasteiger partial charge in [0.2, 0.25) is 0 Å². The molecule has 8 rings (SSSR count). The van der Waals surface area contributed by atoms with E-state index >= 15 is 4.79 Å². The van der Waals surface area contributed by atoms with Crippen molar-refractivity contribution >= 4 is 27.3 Å². The van der Waals surface area contributed by atoms with Crippen molar-refractivity contribution < 1.29 is 15.0 Å². The molecule has 0 fully saturated rings. The van der Waals surface area contributed by atoms with Crippen LogP contribution in [0, 0.1) is 0 Å². The molecule has 2 aliphatic rings. The van der Waals surface area contributed by atoms with E-state index in [0.717, 1.165) is 43.8 Å². The SMILES string of the molecule is O=C1[C@]2(c3ccccc3)c3c(O)ccc(O)c3[C@@]1(c1ccccc1)c1c2c2ccccc2c2ccccc12. The summed E-state index contributed by atoms with van der Waals surface area (Å²) in [6.07, 6.45) is 0. The van der Waals surface area contributed by atoms with Crippen molar-refractivity contribution in [3.8, 4) is 11.5 Å². The van der Waals surface area contributed by atoms with E-state index in [2.05, 4.69) is 24.3 Å². The molecular weight excluding hydrogens is 468 g/mol. The summed E-state index contributed by atoms with van der Waals surface area (Å²) in [5.41, 5.74) is 1.70. The highest BCUT2D eigenvalue weighted by Crippen LogP contribution is 2.71. The fourth-order valence-electron chi connectivity index (χ4n) is 7.46. The van der Waals surface area contributed by atoms with Gasteiger partial charge < -0.3 is 10.2 Å². The molecule has 3 heteroatoms. The first-order valence-corrected chi connectivity index (χ1v) is 12.8. The van der Waals surface area contributed by atoms with Crippen molar-refractivity contribution in [1.82, 2.24) is 0 Å². The summed E-state index contributed by atoms with van der Waals surface area (Å²) in [5.74, 6) is -0.0443. The summed E-state index contributed by atoms with van der Waals surface area (Å²) in [7, 11) is 0. The van der Waals surface area contributed by atoms with Crippen LogP contribution >= 0.6 is 0 Å².